The summed E-state index contributed by atoms with van der Waals surface area (Å²) in [6.45, 7) is 2.16. The molecular weight excluding hydrogens is 174 g/mol. The van der Waals surface area contributed by atoms with E-state index in [0.29, 0.717) is 6.04 Å². The van der Waals surface area contributed by atoms with E-state index >= 15 is 0 Å². The fraction of sp³-hybridized carbons (Fsp3) is 0.364. The normalized spacial score (nSPS) is 21.9. The van der Waals surface area contributed by atoms with Gasteiger partial charge in [0.15, 0.2) is 0 Å². The van der Waals surface area contributed by atoms with Crippen molar-refractivity contribution in [2.75, 3.05) is 13.1 Å². The van der Waals surface area contributed by atoms with Crippen LogP contribution in [0.1, 0.15) is 12.5 Å². The molecule has 14 heavy (non-hydrogen) atoms. The summed E-state index contributed by atoms with van der Waals surface area (Å²) in [5.74, 6) is 0. The van der Waals surface area contributed by atoms with E-state index in [4.69, 9.17) is 0 Å². The Morgan fingerprint density at radius 3 is 3.14 bits per heavy atom. The number of para-hydroxylation sites is 1. The minimum atomic E-state index is 0.537. The predicted octanol–water partition coefficient (Wildman–Crippen LogP) is 1.57. The van der Waals surface area contributed by atoms with Crippen LogP contribution < -0.4 is 5.32 Å². The SMILES string of the molecule is c1ccc2c(c1)cnn2[C@H]1CCNC1. The third-order valence-corrected chi connectivity index (χ3v) is 2.88. The van der Waals surface area contributed by atoms with Crippen LogP contribution in [-0.4, -0.2) is 22.9 Å². The number of rotatable bonds is 1. The van der Waals surface area contributed by atoms with Crippen molar-refractivity contribution in [2.45, 2.75) is 12.5 Å². The molecule has 1 aromatic heterocycles. The molecule has 3 rings (SSSR count). The van der Waals surface area contributed by atoms with E-state index in [9.17, 15) is 0 Å². The largest absolute Gasteiger partial charge is 0.315 e. The first kappa shape index (κ1) is 8.00. The number of hydrogen-bond donors (Lipinski definition) is 1. The van der Waals surface area contributed by atoms with Gasteiger partial charge in [0.25, 0.3) is 0 Å². The predicted molar refractivity (Wildman–Crippen MR) is 56.3 cm³/mol. The fourth-order valence-corrected chi connectivity index (χ4v) is 2.13. The quantitative estimate of drug-likeness (QED) is 0.734. The molecule has 2 aromatic rings. The maximum Gasteiger partial charge on any atom is 0.0686 e. The van der Waals surface area contributed by atoms with Gasteiger partial charge >= 0.3 is 0 Å². The highest BCUT2D eigenvalue weighted by atomic mass is 15.3. The molecule has 0 amide bonds. The third-order valence-electron chi connectivity index (χ3n) is 2.88. The Labute approximate surface area is 82.7 Å². The van der Waals surface area contributed by atoms with E-state index in [0.717, 1.165) is 13.1 Å². The summed E-state index contributed by atoms with van der Waals surface area (Å²) in [6, 6.07) is 8.92. The maximum atomic E-state index is 4.45. The zero-order chi connectivity index (χ0) is 9.38. The van der Waals surface area contributed by atoms with Crippen molar-refractivity contribution < 1.29 is 0 Å². The summed E-state index contributed by atoms with van der Waals surface area (Å²) in [5.41, 5.74) is 1.25. The van der Waals surface area contributed by atoms with E-state index < -0.39 is 0 Å². The standard InChI is InChI=1S/C11H13N3/c1-2-4-11-9(3-1)7-13-14(11)10-5-6-12-8-10/h1-4,7,10,12H,5-6,8H2/t10-/m0/s1. The Hall–Kier alpha value is -1.35. The van der Waals surface area contributed by atoms with Crippen LogP contribution in [0.3, 0.4) is 0 Å². The molecule has 1 fully saturated rings. The molecule has 3 heteroatoms. The Kier molecular flexibility index (Phi) is 1.77. The van der Waals surface area contributed by atoms with Crippen LogP contribution in [0.4, 0.5) is 0 Å². The lowest BCUT2D eigenvalue weighted by atomic mass is 10.2. The smallest absolute Gasteiger partial charge is 0.0686 e. The molecule has 2 heterocycles. The number of nitrogens with zero attached hydrogens (tertiary/aromatic N) is 2. The van der Waals surface area contributed by atoms with E-state index in [1.54, 1.807) is 0 Å². The fourth-order valence-electron chi connectivity index (χ4n) is 2.13. The molecule has 0 spiro atoms. The van der Waals surface area contributed by atoms with Crippen molar-refractivity contribution in [2.24, 2.45) is 0 Å². The highest BCUT2D eigenvalue weighted by molar-refractivity contribution is 5.78. The van der Waals surface area contributed by atoms with Crippen LogP contribution in [0, 0.1) is 0 Å². The van der Waals surface area contributed by atoms with Crippen molar-refractivity contribution in [1.82, 2.24) is 15.1 Å². The van der Waals surface area contributed by atoms with Gasteiger partial charge < -0.3 is 5.32 Å². The molecule has 0 unspecified atom stereocenters. The number of aromatic nitrogens is 2. The minimum absolute atomic E-state index is 0.537. The molecule has 0 saturated carbocycles. The topological polar surface area (TPSA) is 29.9 Å². The molecule has 1 aliphatic rings. The average Bonchev–Trinajstić information content (AvgIpc) is 2.85. The van der Waals surface area contributed by atoms with Gasteiger partial charge in [0.1, 0.15) is 0 Å². The van der Waals surface area contributed by atoms with Crippen molar-refractivity contribution in [3.05, 3.63) is 30.5 Å². The van der Waals surface area contributed by atoms with Crippen LogP contribution in [0.2, 0.25) is 0 Å². The lowest BCUT2D eigenvalue weighted by Gasteiger charge is -2.09. The molecular formula is C11H13N3. The van der Waals surface area contributed by atoms with E-state index in [2.05, 4.69) is 39.4 Å². The van der Waals surface area contributed by atoms with Crippen LogP contribution in [0.5, 0.6) is 0 Å². The van der Waals surface area contributed by atoms with Crippen molar-refractivity contribution >= 4 is 10.9 Å². The molecule has 72 valence electrons. The summed E-state index contributed by atoms with van der Waals surface area (Å²) in [6.07, 6.45) is 3.14. The lowest BCUT2D eigenvalue weighted by molar-refractivity contribution is 0.506. The summed E-state index contributed by atoms with van der Waals surface area (Å²) in [4.78, 5) is 0. The van der Waals surface area contributed by atoms with Gasteiger partial charge in [-0.25, -0.2) is 0 Å². The maximum absolute atomic E-state index is 4.45. The van der Waals surface area contributed by atoms with Gasteiger partial charge in [0.05, 0.1) is 17.8 Å². The Morgan fingerprint density at radius 1 is 1.36 bits per heavy atom. The molecule has 0 radical (unpaired) electrons. The second-order valence-corrected chi connectivity index (χ2v) is 3.79. The zero-order valence-corrected chi connectivity index (χ0v) is 7.98. The monoisotopic (exact) mass is 187 g/mol. The Morgan fingerprint density at radius 2 is 2.29 bits per heavy atom. The number of nitrogens with one attached hydrogen (secondary N) is 1. The molecule has 3 nitrogen and oxygen atoms in total. The van der Waals surface area contributed by atoms with E-state index in [-0.39, 0.29) is 0 Å². The number of benzene rings is 1. The summed E-state index contributed by atoms with van der Waals surface area (Å²) < 4.78 is 2.15. The molecule has 0 aliphatic carbocycles. The van der Waals surface area contributed by atoms with Crippen LogP contribution in [0.25, 0.3) is 10.9 Å². The van der Waals surface area contributed by atoms with Crippen LogP contribution in [0.15, 0.2) is 30.5 Å². The number of fused-ring (bicyclic) bond motifs is 1. The second-order valence-electron chi connectivity index (χ2n) is 3.79. The van der Waals surface area contributed by atoms with Crippen LogP contribution in [-0.2, 0) is 0 Å². The first-order valence-electron chi connectivity index (χ1n) is 5.08. The second kappa shape index (κ2) is 3.10. The molecule has 1 atom stereocenters. The van der Waals surface area contributed by atoms with Crippen molar-refractivity contribution in [1.29, 1.82) is 0 Å². The number of hydrogen-bond acceptors (Lipinski definition) is 2. The summed E-state index contributed by atoms with van der Waals surface area (Å²) in [5, 5.41) is 9.05. The Bertz CT molecular complexity index is 440. The van der Waals surface area contributed by atoms with Gasteiger partial charge in [0, 0.05) is 11.9 Å². The van der Waals surface area contributed by atoms with Gasteiger partial charge in [-0.3, -0.25) is 4.68 Å². The average molecular weight is 187 g/mol. The molecule has 1 saturated heterocycles. The first-order chi connectivity index (χ1) is 6.95. The third kappa shape index (κ3) is 1.13. The molecule has 1 aliphatic heterocycles. The van der Waals surface area contributed by atoms with Gasteiger partial charge in [0.2, 0.25) is 0 Å². The van der Waals surface area contributed by atoms with E-state index in [1.807, 2.05) is 6.20 Å². The summed E-state index contributed by atoms with van der Waals surface area (Å²) >= 11 is 0. The molecule has 1 aromatic carbocycles. The van der Waals surface area contributed by atoms with Gasteiger partial charge in [-0.1, -0.05) is 18.2 Å². The van der Waals surface area contributed by atoms with Crippen molar-refractivity contribution in [3.63, 3.8) is 0 Å². The first-order valence-corrected chi connectivity index (χ1v) is 5.08. The zero-order valence-electron chi connectivity index (χ0n) is 7.98. The lowest BCUT2D eigenvalue weighted by Crippen LogP contribution is -2.14. The Balaban J connectivity index is 2.11. The van der Waals surface area contributed by atoms with Gasteiger partial charge in [-0.05, 0) is 19.0 Å². The van der Waals surface area contributed by atoms with Crippen molar-refractivity contribution in [3.8, 4) is 0 Å². The van der Waals surface area contributed by atoms with Crippen LogP contribution >= 0.6 is 0 Å². The van der Waals surface area contributed by atoms with Gasteiger partial charge in [-0.2, -0.15) is 5.10 Å². The van der Waals surface area contributed by atoms with Gasteiger partial charge in [-0.15, -0.1) is 0 Å². The highest BCUT2D eigenvalue weighted by Gasteiger charge is 2.18. The van der Waals surface area contributed by atoms with E-state index in [1.165, 1.54) is 17.3 Å². The molecule has 1 N–H and O–H groups in total. The minimum Gasteiger partial charge on any atom is -0.315 e. The highest BCUT2D eigenvalue weighted by Crippen LogP contribution is 2.21. The molecule has 0 bridgehead atoms. The summed E-state index contributed by atoms with van der Waals surface area (Å²) in [7, 11) is 0.